The van der Waals surface area contributed by atoms with Gasteiger partial charge in [0.15, 0.2) is 21.3 Å². The van der Waals surface area contributed by atoms with Crippen molar-refractivity contribution in [2.75, 3.05) is 19.5 Å². The van der Waals surface area contributed by atoms with Crippen molar-refractivity contribution in [3.8, 4) is 11.5 Å². The van der Waals surface area contributed by atoms with Crippen LogP contribution < -0.4 is 4.74 Å². The van der Waals surface area contributed by atoms with Gasteiger partial charge in [-0.05, 0) is 71.2 Å². The number of sulfone groups is 1. The third-order valence-electron chi connectivity index (χ3n) is 5.32. The van der Waals surface area contributed by atoms with Gasteiger partial charge in [-0.15, -0.1) is 0 Å². The Labute approximate surface area is 184 Å². The first kappa shape index (κ1) is 22.6. The fourth-order valence-electron chi connectivity index (χ4n) is 3.97. The minimum Gasteiger partial charge on any atom is -0.504 e. The molecule has 0 radical (unpaired) electrons. The third kappa shape index (κ3) is 4.82. The number of hydrogen-bond acceptors (Lipinski definition) is 7. The first-order chi connectivity index (χ1) is 13.7. The second kappa shape index (κ2) is 8.97. The number of benzene rings is 1. The van der Waals surface area contributed by atoms with E-state index >= 15 is 0 Å². The Morgan fingerprint density at radius 3 is 2.83 bits per heavy atom. The highest BCUT2D eigenvalue weighted by Crippen LogP contribution is 2.39. The highest BCUT2D eigenvalue weighted by Gasteiger charge is 2.48. The number of aliphatic hydroxyl groups excluding tert-OH is 1. The molecular formula is C19H24BIO7S. The van der Waals surface area contributed by atoms with E-state index in [1.54, 1.807) is 6.07 Å². The summed E-state index contributed by atoms with van der Waals surface area (Å²) in [7, 11) is -3.04. The molecule has 1 aromatic carbocycles. The standard InChI is InChI=1S/C19H24BIO7S/c1-11(5-12-6-14(21)19(23)16(7-12)27-2)3-4-15-18-13(9-22)10-29(25,26)17(18)8-20(24)28-15/h5-7,15,17,22-24H,3-4,8-10H2,1-2H3/b11-5+/t15-,17+/m1/s1. The van der Waals surface area contributed by atoms with Crippen LogP contribution in [0.3, 0.4) is 0 Å². The number of rotatable bonds is 6. The van der Waals surface area contributed by atoms with E-state index in [1.807, 2.05) is 41.7 Å². The number of hydrogen-bond donors (Lipinski definition) is 3. The van der Waals surface area contributed by atoms with Crippen LogP contribution in [0.5, 0.6) is 11.5 Å². The van der Waals surface area contributed by atoms with Gasteiger partial charge >= 0.3 is 7.12 Å². The fourth-order valence-corrected chi connectivity index (χ4v) is 6.70. The summed E-state index contributed by atoms with van der Waals surface area (Å²) in [6, 6.07) is 3.59. The molecule has 0 unspecified atom stereocenters. The predicted molar refractivity (Wildman–Crippen MR) is 120 cm³/mol. The third-order valence-corrected chi connectivity index (χ3v) is 8.21. The van der Waals surface area contributed by atoms with Gasteiger partial charge in [-0.25, -0.2) is 8.42 Å². The largest absolute Gasteiger partial charge is 0.504 e. The molecule has 0 spiro atoms. The molecule has 0 amide bonds. The van der Waals surface area contributed by atoms with Gasteiger partial charge in [0.2, 0.25) is 0 Å². The lowest BCUT2D eigenvalue weighted by Crippen LogP contribution is -2.42. The number of ether oxygens (including phenoxy) is 1. The van der Waals surface area contributed by atoms with Crippen LogP contribution in [0.15, 0.2) is 28.9 Å². The first-order valence-corrected chi connectivity index (χ1v) is 12.1. The SMILES string of the molecule is COc1cc(/C=C(\C)CC[C@H]2OB(O)C[C@H]3C2=C(CO)CS3(=O)=O)cc(I)c1O. The van der Waals surface area contributed by atoms with Crippen LogP contribution in [0, 0.1) is 3.57 Å². The average molecular weight is 534 g/mol. The Kier molecular flexibility index (Phi) is 6.99. The Morgan fingerprint density at radius 2 is 2.17 bits per heavy atom. The first-order valence-electron chi connectivity index (χ1n) is 9.27. The summed E-state index contributed by atoms with van der Waals surface area (Å²) in [5.74, 6) is 0.326. The number of halogens is 1. The molecule has 3 rings (SSSR count). The molecule has 29 heavy (non-hydrogen) atoms. The summed E-state index contributed by atoms with van der Waals surface area (Å²) in [6.07, 6.45) is 2.55. The molecule has 1 aromatic rings. The smallest absolute Gasteiger partial charge is 0.456 e. The van der Waals surface area contributed by atoms with E-state index in [4.69, 9.17) is 9.39 Å². The maximum Gasteiger partial charge on any atom is 0.456 e. The van der Waals surface area contributed by atoms with E-state index in [0.717, 1.165) is 11.1 Å². The monoisotopic (exact) mass is 534 g/mol. The van der Waals surface area contributed by atoms with E-state index in [1.165, 1.54) is 7.11 Å². The molecule has 158 valence electrons. The molecule has 0 aromatic heterocycles. The number of phenols is 1. The molecule has 1 saturated heterocycles. The summed E-state index contributed by atoms with van der Waals surface area (Å²) in [5, 5.41) is 28.8. The van der Waals surface area contributed by atoms with Crippen molar-refractivity contribution >= 4 is 45.6 Å². The molecule has 0 bridgehead atoms. The van der Waals surface area contributed by atoms with Crippen molar-refractivity contribution in [3.05, 3.63) is 38.0 Å². The topological polar surface area (TPSA) is 113 Å². The molecule has 2 aliphatic heterocycles. The molecule has 2 aliphatic rings. The lowest BCUT2D eigenvalue weighted by molar-refractivity contribution is 0.168. The Bertz CT molecular complexity index is 958. The summed E-state index contributed by atoms with van der Waals surface area (Å²) in [4.78, 5) is 0. The van der Waals surface area contributed by atoms with E-state index in [9.17, 15) is 23.7 Å². The maximum absolute atomic E-state index is 12.4. The fraction of sp³-hybridized carbons (Fsp3) is 0.474. The van der Waals surface area contributed by atoms with Gasteiger partial charge in [-0.1, -0.05) is 11.6 Å². The van der Waals surface area contributed by atoms with Gasteiger partial charge in [0.1, 0.15) is 0 Å². The summed E-state index contributed by atoms with van der Waals surface area (Å²) in [5.41, 5.74) is 3.02. The molecule has 3 N–H and O–H groups in total. The quantitative estimate of drug-likeness (QED) is 0.292. The van der Waals surface area contributed by atoms with Crippen LogP contribution in [0.2, 0.25) is 6.32 Å². The number of methoxy groups -OCH3 is 1. The van der Waals surface area contributed by atoms with E-state index < -0.39 is 28.3 Å². The van der Waals surface area contributed by atoms with Crippen LogP contribution in [0.1, 0.15) is 25.3 Å². The van der Waals surface area contributed by atoms with E-state index in [0.29, 0.717) is 33.3 Å². The van der Waals surface area contributed by atoms with E-state index in [2.05, 4.69) is 0 Å². The molecule has 2 heterocycles. The molecule has 0 saturated carbocycles. The lowest BCUT2D eigenvalue weighted by Gasteiger charge is -2.31. The van der Waals surface area contributed by atoms with E-state index in [-0.39, 0.29) is 24.4 Å². The Balaban J connectivity index is 1.78. The van der Waals surface area contributed by atoms with Crippen LogP contribution in [0.25, 0.3) is 6.08 Å². The van der Waals surface area contributed by atoms with Gasteiger partial charge in [-0.3, -0.25) is 0 Å². The lowest BCUT2D eigenvalue weighted by atomic mass is 9.74. The van der Waals surface area contributed by atoms with Gasteiger partial charge in [0.05, 0.1) is 34.4 Å². The molecule has 1 fully saturated rings. The minimum atomic E-state index is -3.41. The van der Waals surface area contributed by atoms with Crippen LogP contribution in [0.4, 0.5) is 0 Å². The van der Waals surface area contributed by atoms with Gasteiger partial charge in [-0.2, -0.15) is 0 Å². The minimum absolute atomic E-state index is 0.0121. The second-order valence-corrected chi connectivity index (χ2v) is 10.8. The number of fused-ring (bicyclic) bond motifs is 1. The van der Waals surface area contributed by atoms with Gasteiger partial charge < -0.3 is 24.6 Å². The van der Waals surface area contributed by atoms with Gasteiger partial charge in [0.25, 0.3) is 0 Å². The average Bonchev–Trinajstić information content (AvgIpc) is 2.93. The zero-order chi connectivity index (χ0) is 21.3. The number of phenolic OH excluding ortho intramolecular Hbond substituents is 1. The Morgan fingerprint density at radius 1 is 1.45 bits per heavy atom. The summed E-state index contributed by atoms with van der Waals surface area (Å²) in [6.45, 7) is 1.64. The molecule has 2 atom stereocenters. The van der Waals surface area contributed by atoms with Crippen molar-refractivity contribution in [3.63, 3.8) is 0 Å². The Hall–Kier alpha value is -1.08. The number of aliphatic hydroxyl groups is 1. The second-order valence-electron chi connectivity index (χ2n) is 7.41. The number of allylic oxidation sites excluding steroid dienone is 1. The van der Waals surface area contributed by atoms with Crippen molar-refractivity contribution in [1.82, 2.24) is 0 Å². The molecule has 0 aliphatic carbocycles. The van der Waals surface area contributed by atoms with Crippen LogP contribution in [-0.2, 0) is 14.5 Å². The maximum atomic E-state index is 12.4. The summed E-state index contributed by atoms with van der Waals surface area (Å²) >= 11 is 2.04. The van der Waals surface area contributed by atoms with Crippen molar-refractivity contribution in [2.24, 2.45) is 0 Å². The van der Waals surface area contributed by atoms with Crippen LogP contribution >= 0.6 is 22.6 Å². The normalized spacial score (nSPS) is 24.0. The molecule has 10 heteroatoms. The zero-order valence-electron chi connectivity index (χ0n) is 16.3. The number of aromatic hydroxyl groups is 1. The molecule has 7 nitrogen and oxygen atoms in total. The van der Waals surface area contributed by atoms with Crippen molar-refractivity contribution in [1.29, 1.82) is 0 Å². The highest BCUT2D eigenvalue weighted by atomic mass is 127. The highest BCUT2D eigenvalue weighted by molar-refractivity contribution is 14.1. The van der Waals surface area contributed by atoms with Crippen LogP contribution in [-0.4, -0.2) is 61.6 Å². The van der Waals surface area contributed by atoms with Crippen molar-refractivity contribution in [2.45, 2.75) is 37.4 Å². The predicted octanol–water partition coefficient (Wildman–Crippen LogP) is 2.15. The van der Waals surface area contributed by atoms with Crippen molar-refractivity contribution < 1.29 is 33.0 Å². The molecular weight excluding hydrogens is 510 g/mol. The zero-order valence-corrected chi connectivity index (χ0v) is 19.2. The summed E-state index contributed by atoms with van der Waals surface area (Å²) < 4.78 is 36.3. The van der Waals surface area contributed by atoms with Gasteiger partial charge in [0, 0.05) is 6.32 Å².